The van der Waals surface area contributed by atoms with Crippen LogP contribution in [0.5, 0.6) is 0 Å². The van der Waals surface area contributed by atoms with Gasteiger partial charge in [-0.3, -0.25) is 9.59 Å². The van der Waals surface area contributed by atoms with Crippen molar-refractivity contribution >= 4 is 17.4 Å². The molecule has 27 heavy (non-hydrogen) atoms. The Hall–Kier alpha value is -2.65. The third kappa shape index (κ3) is 4.37. The van der Waals surface area contributed by atoms with Crippen molar-refractivity contribution in [3.63, 3.8) is 0 Å². The smallest absolute Gasteiger partial charge is 0.437 e. The normalized spacial score (nSPS) is 20.5. The van der Waals surface area contributed by atoms with Gasteiger partial charge in [-0.15, -0.1) is 0 Å². The zero-order valence-electron chi connectivity index (χ0n) is 14.3. The first-order valence-corrected chi connectivity index (χ1v) is 7.76. The van der Waals surface area contributed by atoms with Gasteiger partial charge in [-0.1, -0.05) is 0 Å². The molecule has 1 aromatic rings. The van der Waals surface area contributed by atoms with Gasteiger partial charge in [0, 0.05) is 18.5 Å². The summed E-state index contributed by atoms with van der Waals surface area (Å²) in [7, 11) is 1.10. The molecule has 5 nitrogen and oxygen atoms in total. The van der Waals surface area contributed by atoms with Crippen molar-refractivity contribution < 1.29 is 41.0 Å². The largest absolute Gasteiger partial charge is 0.475 e. The molecule has 1 heterocycles. The van der Waals surface area contributed by atoms with Crippen molar-refractivity contribution in [1.82, 2.24) is 5.32 Å². The zero-order chi connectivity index (χ0) is 20.4. The van der Waals surface area contributed by atoms with Crippen molar-refractivity contribution in [2.24, 2.45) is 0 Å². The standard InChI is InChI=1S/C17H16F5NO4/c1-9(3-14(24)26-2)23-15(25)16(17(20,21)22)7-11(8-27-16)10-4-12(18)6-13(19)5-10/h4-6,8-9H,3,7H2,1-2H3,(H,23,25)/t9-,16?/m0/s1. The number of hydrogen-bond acceptors (Lipinski definition) is 4. The van der Waals surface area contributed by atoms with Crippen molar-refractivity contribution in [3.05, 3.63) is 41.7 Å². The Labute approximate surface area is 151 Å². The number of amides is 1. The molecule has 1 aliphatic heterocycles. The van der Waals surface area contributed by atoms with Gasteiger partial charge >= 0.3 is 12.1 Å². The van der Waals surface area contributed by atoms with Gasteiger partial charge in [-0.05, 0) is 30.2 Å². The Kier molecular flexibility index (Phi) is 5.76. The molecule has 0 bridgehead atoms. The summed E-state index contributed by atoms with van der Waals surface area (Å²) in [6.45, 7) is 1.32. The highest BCUT2D eigenvalue weighted by Gasteiger charge is 2.65. The van der Waals surface area contributed by atoms with Crippen molar-refractivity contribution in [1.29, 1.82) is 0 Å². The van der Waals surface area contributed by atoms with Crippen LogP contribution in [0.25, 0.3) is 5.57 Å². The molecule has 0 radical (unpaired) electrons. The van der Waals surface area contributed by atoms with Gasteiger partial charge in [-0.2, -0.15) is 13.2 Å². The van der Waals surface area contributed by atoms with Gasteiger partial charge in [0.1, 0.15) is 11.6 Å². The van der Waals surface area contributed by atoms with Gasteiger partial charge in [-0.25, -0.2) is 8.78 Å². The van der Waals surface area contributed by atoms with Crippen molar-refractivity contribution in [2.75, 3.05) is 7.11 Å². The Morgan fingerprint density at radius 2 is 1.85 bits per heavy atom. The van der Waals surface area contributed by atoms with E-state index in [1.165, 1.54) is 6.92 Å². The average Bonchev–Trinajstić information content (AvgIpc) is 3.00. The summed E-state index contributed by atoms with van der Waals surface area (Å²) in [4.78, 5) is 23.5. The molecule has 1 N–H and O–H groups in total. The van der Waals surface area contributed by atoms with Crippen molar-refractivity contribution in [2.45, 2.75) is 37.6 Å². The number of esters is 1. The van der Waals surface area contributed by atoms with E-state index < -0.39 is 47.8 Å². The molecule has 0 aromatic heterocycles. The lowest BCUT2D eigenvalue weighted by molar-refractivity contribution is -0.247. The minimum absolute atomic E-state index is 0.172. The molecule has 0 saturated carbocycles. The summed E-state index contributed by atoms with van der Waals surface area (Å²) in [5.74, 6) is -4.20. The molecule has 0 fully saturated rings. The molecule has 0 saturated heterocycles. The number of alkyl halides is 3. The van der Waals surface area contributed by atoms with Crippen LogP contribution in [0.3, 0.4) is 0 Å². The third-order valence-corrected chi connectivity index (χ3v) is 3.98. The minimum Gasteiger partial charge on any atom is -0.475 e. The highest BCUT2D eigenvalue weighted by molar-refractivity contribution is 5.90. The lowest BCUT2D eigenvalue weighted by atomic mass is 9.91. The zero-order valence-corrected chi connectivity index (χ0v) is 14.3. The molecule has 1 aromatic carbocycles. The minimum atomic E-state index is -5.12. The number of rotatable bonds is 5. The maximum atomic E-state index is 13.6. The van der Waals surface area contributed by atoms with E-state index in [-0.39, 0.29) is 17.6 Å². The third-order valence-electron chi connectivity index (χ3n) is 3.98. The van der Waals surface area contributed by atoms with E-state index in [1.807, 2.05) is 0 Å². The fourth-order valence-corrected chi connectivity index (χ4v) is 2.59. The molecule has 2 atom stereocenters. The molecule has 148 valence electrons. The Bertz CT molecular complexity index is 757. The van der Waals surface area contributed by atoms with E-state index in [0.717, 1.165) is 19.2 Å². The summed E-state index contributed by atoms with van der Waals surface area (Å²) < 4.78 is 76.7. The van der Waals surface area contributed by atoms with E-state index in [1.54, 1.807) is 0 Å². The average molecular weight is 393 g/mol. The second-order valence-electron chi connectivity index (χ2n) is 6.08. The lowest BCUT2D eigenvalue weighted by Gasteiger charge is -2.31. The summed E-state index contributed by atoms with van der Waals surface area (Å²) in [6.07, 6.45) is -5.78. The van der Waals surface area contributed by atoms with Crippen LogP contribution in [0.2, 0.25) is 0 Å². The van der Waals surface area contributed by atoms with E-state index in [9.17, 15) is 31.5 Å². The molecular formula is C17H16F5NO4. The van der Waals surface area contributed by atoms with Crippen LogP contribution in [0, 0.1) is 11.6 Å². The number of halogens is 5. The lowest BCUT2D eigenvalue weighted by Crippen LogP contribution is -2.58. The predicted octanol–water partition coefficient (Wildman–Crippen LogP) is 3.09. The van der Waals surface area contributed by atoms with Gasteiger partial charge in [0.15, 0.2) is 0 Å². The van der Waals surface area contributed by atoms with Gasteiger partial charge in [0.2, 0.25) is 0 Å². The number of hydrogen-bond donors (Lipinski definition) is 1. The molecule has 2 rings (SSSR count). The highest BCUT2D eigenvalue weighted by Crippen LogP contribution is 2.45. The molecule has 1 amide bonds. The number of nitrogens with one attached hydrogen (secondary N) is 1. The second kappa shape index (κ2) is 7.53. The molecular weight excluding hydrogens is 377 g/mol. The molecule has 10 heteroatoms. The fraction of sp³-hybridized carbons (Fsp3) is 0.412. The van der Waals surface area contributed by atoms with E-state index in [4.69, 9.17) is 0 Å². The Balaban J connectivity index is 2.24. The predicted molar refractivity (Wildman–Crippen MR) is 83.1 cm³/mol. The van der Waals surface area contributed by atoms with Crippen LogP contribution in [0.1, 0.15) is 25.3 Å². The number of ether oxygens (including phenoxy) is 2. The Morgan fingerprint density at radius 1 is 1.26 bits per heavy atom. The summed E-state index contributed by atoms with van der Waals surface area (Å²) in [5, 5.41) is 2.06. The maximum absolute atomic E-state index is 13.6. The second-order valence-corrected chi connectivity index (χ2v) is 6.08. The monoisotopic (exact) mass is 393 g/mol. The SMILES string of the molecule is COC(=O)C[C@H](C)NC(=O)C1(C(F)(F)F)CC(c2cc(F)cc(F)c2)=CO1. The number of methoxy groups -OCH3 is 1. The van der Waals surface area contributed by atoms with Gasteiger partial charge < -0.3 is 14.8 Å². The number of carbonyl (C=O) groups is 2. The van der Waals surface area contributed by atoms with E-state index in [0.29, 0.717) is 12.3 Å². The number of carbonyl (C=O) groups excluding carboxylic acids is 2. The molecule has 0 spiro atoms. The van der Waals surface area contributed by atoms with Crippen LogP contribution in [-0.2, 0) is 19.1 Å². The van der Waals surface area contributed by atoms with Crippen LogP contribution in [0.4, 0.5) is 22.0 Å². The van der Waals surface area contributed by atoms with Crippen molar-refractivity contribution in [3.8, 4) is 0 Å². The van der Waals surface area contributed by atoms with Gasteiger partial charge in [0.25, 0.3) is 11.5 Å². The topological polar surface area (TPSA) is 64.6 Å². The summed E-state index contributed by atoms with van der Waals surface area (Å²) in [6, 6.07) is 1.28. The first-order chi connectivity index (χ1) is 12.5. The first-order valence-electron chi connectivity index (χ1n) is 7.76. The first kappa shape index (κ1) is 20.7. The van der Waals surface area contributed by atoms with Crippen LogP contribution < -0.4 is 5.32 Å². The van der Waals surface area contributed by atoms with Crippen LogP contribution in [-0.4, -0.2) is 36.8 Å². The summed E-state index contributed by atoms with van der Waals surface area (Å²) >= 11 is 0. The molecule has 0 aliphatic carbocycles. The molecule has 1 aliphatic rings. The number of benzene rings is 1. The van der Waals surface area contributed by atoms with Gasteiger partial charge in [0.05, 0.1) is 19.8 Å². The fourth-order valence-electron chi connectivity index (χ4n) is 2.59. The van der Waals surface area contributed by atoms with Crippen LogP contribution >= 0.6 is 0 Å². The van der Waals surface area contributed by atoms with E-state index in [2.05, 4.69) is 14.8 Å². The summed E-state index contributed by atoms with van der Waals surface area (Å²) in [5.41, 5.74) is -3.63. The Morgan fingerprint density at radius 3 is 2.37 bits per heavy atom. The van der Waals surface area contributed by atoms with Crippen LogP contribution in [0.15, 0.2) is 24.5 Å². The molecule has 1 unspecified atom stereocenters. The van der Waals surface area contributed by atoms with E-state index >= 15 is 0 Å². The maximum Gasteiger partial charge on any atom is 0.437 e. The quantitative estimate of drug-likeness (QED) is 0.617. The highest BCUT2D eigenvalue weighted by atomic mass is 19.4.